The third-order valence-electron chi connectivity index (χ3n) is 3.84. The number of benzene rings is 1. The summed E-state index contributed by atoms with van der Waals surface area (Å²) >= 11 is 0. The van der Waals surface area contributed by atoms with Gasteiger partial charge in [0, 0.05) is 19.0 Å². The van der Waals surface area contributed by atoms with Crippen LogP contribution in [0, 0.1) is 11.2 Å². The van der Waals surface area contributed by atoms with Gasteiger partial charge < -0.3 is 5.32 Å². The van der Waals surface area contributed by atoms with E-state index in [1.165, 1.54) is 6.07 Å². The van der Waals surface area contributed by atoms with Gasteiger partial charge in [-0.2, -0.15) is 5.10 Å². The molecule has 0 aliphatic heterocycles. The van der Waals surface area contributed by atoms with Gasteiger partial charge in [0.05, 0.1) is 6.42 Å². The number of nitrogens with zero attached hydrogens (tertiary/aromatic N) is 4. The van der Waals surface area contributed by atoms with Crippen LogP contribution < -0.4 is 5.32 Å². The summed E-state index contributed by atoms with van der Waals surface area (Å²) in [7, 11) is 1.57. The predicted octanol–water partition coefficient (Wildman–Crippen LogP) is 2.97. The molecule has 0 saturated heterocycles. The highest BCUT2D eigenvalue weighted by molar-refractivity contribution is 5.81. The maximum atomic E-state index is 14.1. The number of hydrogen-bond acceptors (Lipinski definition) is 4. The number of carbonyl (C=O) groups is 1. The summed E-state index contributed by atoms with van der Waals surface area (Å²) in [6, 6.07) is 8.47. The van der Waals surface area contributed by atoms with Crippen molar-refractivity contribution in [2.75, 3.05) is 7.05 Å². The fourth-order valence-corrected chi connectivity index (χ4v) is 2.68. The second-order valence-corrected chi connectivity index (χ2v) is 7.43. The van der Waals surface area contributed by atoms with E-state index in [9.17, 15) is 9.18 Å². The molecule has 6 nitrogen and oxygen atoms in total. The molecule has 1 N–H and O–H groups in total. The zero-order valence-corrected chi connectivity index (χ0v) is 15.4. The molecule has 0 radical (unpaired) electrons. The Bertz CT molecular complexity index is 958. The standard InChI is InChI=1S/C19H22FN5O/c1-19(2,3)11-25-18(23-15(24-25)10-16(26)21-4)14-9-8-12-6-5-7-13(20)17(12)22-14/h5-9H,10-11H2,1-4H3,(H,21,26). The van der Waals surface area contributed by atoms with E-state index in [1.807, 2.05) is 12.1 Å². The summed E-state index contributed by atoms with van der Waals surface area (Å²) in [6.07, 6.45) is 0.0859. The van der Waals surface area contributed by atoms with Crippen LogP contribution in [0.2, 0.25) is 0 Å². The van der Waals surface area contributed by atoms with Gasteiger partial charge >= 0.3 is 0 Å². The van der Waals surface area contributed by atoms with Gasteiger partial charge in [-0.1, -0.05) is 39.0 Å². The van der Waals surface area contributed by atoms with E-state index in [0.717, 1.165) is 5.39 Å². The van der Waals surface area contributed by atoms with Crippen molar-refractivity contribution in [1.29, 1.82) is 0 Å². The summed E-state index contributed by atoms with van der Waals surface area (Å²) in [5.41, 5.74) is 0.778. The molecule has 0 saturated carbocycles. The zero-order chi connectivity index (χ0) is 18.9. The molecule has 3 aromatic rings. The Morgan fingerprint density at radius 3 is 2.65 bits per heavy atom. The van der Waals surface area contributed by atoms with E-state index < -0.39 is 0 Å². The van der Waals surface area contributed by atoms with Crippen LogP contribution in [0.1, 0.15) is 26.6 Å². The minimum absolute atomic E-state index is 0.0468. The highest BCUT2D eigenvalue weighted by Gasteiger charge is 2.20. The van der Waals surface area contributed by atoms with Crippen molar-refractivity contribution in [3.63, 3.8) is 0 Å². The monoisotopic (exact) mass is 355 g/mol. The first kappa shape index (κ1) is 18.0. The molecule has 1 amide bonds. The average molecular weight is 355 g/mol. The van der Waals surface area contributed by atoms with E-state index in [0.29, 0.717) is 29.4 Å². The Morgan fingerprint density at radius 2 is 1.96 bits per heavy atom. The molecule has 1 aromatic carbocycles. The summed E-state index contributed by atoms with van der Waals surface area (Å²) in [5.74, 6) is 0.404. The number of amides is 1. The van der Waals surface area contributed by atoms with Gasteiger partial charge in [-0.25, -0.2) is 19.0 Å². The normalized spacial score (nSPS) is 11.7. The molecule has 26 heavy (non-hydrogen) atoms. The summed E-state index contributed by atoms with van der Waals surface area (Å²) < 4.78 is 15.9. The number of para-hydroxylation sites is 1. The summed E-state index contributed by atoms with van der Waals surface area (Å²) in [6.45, 7) is 6.86. The summed E-state index contributed by atoms with van der Waals surface area (Å²) in [4.78, 5) is 20.6. The third-order valence-corrected chi connectivity index (χ3v) is 3.84. The number of carbonyl (C=O) groups excluding carboxylic acids is 1. The van der Waals surface area contributed by atoms with Crippen molar-refractivity contribution in [3.8, 4) is 11.5 Å². The number of hydrogen-bond donors (Lipinski definition) is 1. The van der Waals surface area contributed by atoms with Gasteiger partial charge in [0.1, 0.15) is 17.0 Å². The molecule has 0 bridgehead atoms. The molecule has 0 spiro atoms. The molecule has 2 aromatic heterocycles. The SMILES string of the molecule is CNC(=O)Cc1nc(-c2ccc3cccc(F)c3n2)n(CC(C)(C)C)n1. The maximum absolute atomic E-state index is 14.1. The molecule has 0 aliphatic rings. The third kappa shape index (κ3) is 3.87. The first-order valence-electron chi connectivity index (χ1n) is 8.47. The van der Waals surface area contributed by atoms with E-state index in [-0.39, 0.29) is 23.6 Å². The zero-order valence-electron chi connectivity index (χ0n) is 15.4. The molecule has 7 heteroatoms. The van der Waals surface area contributed by atoms with Gasteiger partial charge in [0.15, 0.2) is 11.6 Å². The number of pyridine rings is 1. The maximum Gasteiger partial charge on any atom is 0.227 e. The lowest BCUT2D eigenvalue weighted by Crippen LogP contribution is -2.21. The van der Waals surface area contributed by atoms with Crippen molar-refractivity contribution in [2.24, 2.45) is 5.41 Å². The van der Waals surface area contributed by atoms with Gasteiger partial charge in [-0.05, 0) is 17.5 Å². The quantitative estimate of drug-likeness (QED) is 0.781. The Morgan fingerprint density at radius 1 is 1.19 bits per heavy atom. The minimum Gasteiger partial charge on any atom is -0.359 e. The van der Waals surface area contributed by atoms with Crippen molar-refractivity contribution >= 4 is 16.8 Å². The first-order valence-corrected chi connectivity index (χ1v) is 8.47. The number of nitrogens with one attached hydrogen (secondary N) is 1. The molecular weight excluding hydrogens is 333 g/mol. The fourth-order valence-electron chi connectivity index (χ4n) is 2.68. The van der Waals surface area contributed by atoms with Crippen LogP contribution in [0.15, 0.2) is 30.3 Å². The van der Waals surface area contributed by atoms with E-state index >= 15 is 0 Å². The summed E-state index contributed by atoms with van der Waals surface area (Å²) in [5, 5.41) is 7.77. The Hall–Kier alpha value is -2.83. The number of likely N-dealkylation sites (N-methyl/N-ethyl adjacent to an activating group) is 1. The second kappa shape index (κ2) is 6.82. The lowest BCUT2D eigenvalue weighted by molar-refractivity contribution is -0.120. The highest BCUT2D eigenvalue weighted by atomic mass is 19.1. The molecule has 0 atom stereocenters. The topological polar surface area (TPSA) is 72.7 Å². The highest BCUT2D eigenvalue weighted by Crippen LogP contribution is 2.24. The van der Waals surface area contributed by atoms with Crippen molar-refractivity contribution in [2.45, 2.75) is 33.7 Å². The van der Waals surface area contributed by atoms with Crippen molar-refractivity contribution in [1.82, 2.24) is 25.1 Å². The predicted molar refractivity (Wildman–Crippen MR) is 97.9 cm³/mol. The smallest absolute Gasteiger partial charge is 0.227 e. The van der Waals surface area contributed by atoms with Crippen LogP contribution in [0.5, 0.6) is 0 Å². The molecule has 0 aliphatic carbocycles. The van der Waals surface area contributed by atoms with Crippen LogP contribution >= 0.6 is 0 Å². The van der Waals surface area contributed by atoms with E-state index in [4.69, 9.17) is 0 Å². The van der Waals surface area contributed by atoms with Gasteiger partial charge in [-0.15, -0.1) is 0 Å². The van der Waals surface area contributed by atoms with Crippen LogP contribution in [0.3, 0.4) is 0 Å². The van der Waals surface area contributed by atoms with Crippen LogP contribution in [0.4, 0.5) is 4.39 Å². The average Bonchev–Trinajstić information content (AvgIpc) is 2.95. The van der Waals surface area contributed by atoms with Crippen LogP contribution in [-0.4, -0.2) is 32.7 Å². The van der Waals surface area contributed by atoms with Gasteiger partial charge in [-0.3, -0.25) is 4.79 Å². The Labute approximate surface area is 151 Å². The molecule has 0 unspecified atom stereocenters. The Kier molecular flexibility index (Phi) is 4.71. The molecule has 0 fully saturated rings. The van der Waals surface area contributed by atoms with Gasteiger partial charge in [0.25, 0.3) is 0 Å². The lowest BCUT2D eigenvalue weighted by atomic mass is 9.97. The van der Waals surface area contributed by atoms with Crippen molar-refractivity contribution in [3.05, 3.63) is 42.0 Å². The second-order valence-electron chi connectivity index (χ2n) is 7.43. The molecular formula is C19H22FN5O. The van der Waals surface area contributed by atoms with E-state index in [2.05, 4.69) is 41.2 Å². The first-order chi connectivity index (χ1) is 12.3. The molecule has 3 rings (SSSR count). The van der Waals surface area contributed by atoms with Crippen LogP contribution in [-0.2, 0) is 17.8 Å². The number of halogens is 1. The van der Waals surface area contributed by atoms with E-state index in [1.54, 1.807) is 23.9 Å². The minimum atomic E-state index is -0.378. The van der Waals surface area contributed by atoms with Gasteiger partial charge in [0.2, 0.25) is 5.91 Å². The van der Waals surface area contributed by atoms with Crippen molar-refractivity contribution < 1.29 is 9.18 Å². The molecule has 2 heterocycles. The lowest BCUT2D eigenvalue weighted by Gasteiger charge is -2.19. The number of fused-ring (bicyclic) bond motifs is 1. The Balaban J connectivity index is 2.09. The van der Waals surface area contributed by atoms with Crippen LogP contribution in [0.25, 0.3) is 22.4 Å². The fraction of sp³-hybridized carbons (Fsp3) is 0.368. The number of aromatic nitrogens is 4. The molecule has 136 valence electrons. The largest absolute Gasteiger partial charge is 0.359 e. The number of rotatable bonds is 4.